The number of methoxy groups -OCH3 is 1. The predicted molar refractivity (Wildman–Crippen MR) is 206 cm³/mol. The van der Waals surface area contributed by atoms with Gasteiger partial charge in [-0.2, -0.15) is 0 Å². The molecular weight excluding hydrogens is 740 g/mol. The van der Waals surface area contributed by atoms with Crippen LogP contribution >= 0.6 is 0 Å². The number of aliphatic hydroxyl groups excluding tert-OH is 6. The lowest BCUT2D eigenvalue weighted by Gasteiger charge is -2.51. The van der Waals surface area contributed by atoms with E-state index in [1.807, 2.05) is 0 Å². The number of esters is 1. The van der Waals surface area contributed by atoms with E-state index in [9.17, 15) is 66.1 Å². The first-order chi connectivity index (χ1) is 25.7. The molecule has 20 atom stereocenters. The van der Waals surface area contributed by atoms with Crippen molar-refractivity contribution < 1.29 is 70.8 Å². The van der Waals surface area contributed by atoms with E-state index in [4.69, 9.17) is 0 Å². The Balaban J connectivity index is 0.000000173. The van der Waals surface area contributed by atoms with Gasteiger partial charge in [0, 0.05) is 52.3 Å². The van der Waals surface area contributed by atoms with Crippen LogP contribution in [0.3, 0.4) is 0 Å². The molecule has 0 radical (unpaired) electrons. The first-order valence-electron chi connectivity index (χ1n) is 21.2. The molecule has 8 rings (SSSR count). The van der Waals surface area contributed by atoms with Gasteiger partial charge in [0.15, 0.2) is 0 Å². The van der Waals surface area contributed by atoms with Crippen molar-refractivity contribution in [3.8, 4) is 0 Å². The highest BCUT2D eigenvalue weighted by atomic mass is 16.5. The highest BCUT2D eigenvalue weighted by Gasteiger charge is 2.78. The molecule has 0 saturated heterocycles. The van der Waals surface area contributed by atoms with Crippen molar-refractivity contribution in [1.29, 1.82) is 0 Å². The van der Waals surface area contributed by atoms with Crippen molar-refractivity contribution in [2.45, 2.75) is 197 Å². The Bertz CT molecular complexity index is 1450. The van der Waals surface area contributed by atoms with E-state index in [-0.39, 0.29) is 55.3 Å². The number of carbonyl (C=O) groups is 1. The first-order valence-corrected chi connectivity index (χ1v) is 21.2. The van der Waals surface area contributed by atoms with Crippen LogP contribution in [-0.2, 0) is 9.53 Å². The van der Waals surface area contributed by atoms with E-state index in [2.05, 4.69) is 4.74 Å². The zero-order chi connectivity index (χ0) is 43.3. The third kappa shape index (κ3) is 5.81. The summed E-state index contributed by atoms with van der Waals surface area (Å²) in [6, 6.07) is 0. The fraction of sp³-hybridized carbons (Fsp3) is 0.977. The Kier molecular flexibility index (Phi) is 10.8. The van der Waals surface area contributed by atoms with Crippen molar-refractivity contribution in [2.24, 2.45) is 57.2 Å². The Morgan fingerprint density at radius 3 is 1.09 bits per heavy atom. The minimum atomic E-state index is -1.66. The van der Waals surface area contributed by atoms with E-state index in [0.29, 0.717) is 38.5 Å². The summed E-state index contributed by atoms with van der Waals surface area (Å²) in [5, 5.41) is 134. The highest BCUT2D eigenvalue weighted by Crippen LogP contribution is 2.71. The van der Waals surface area contributed by atoms with Crippen molar-refractivity contribution in [1.82, 2.24) is 0 Å². The molecule has 12 N–H and O–H groups in total. The van der Waals surface area contributed by atoms with Gasteiger partial charge >= 0.3 is 5.97 Å². The molecule has 8 aliphatic rings. The van der Waals surface area contributed by atoms with Crippen molar-refractivity contribution in [3.63, 3.8) is 0 Å². The molecule has 14 heteroatoms. The van der Waals surface area contributed by atoms with E-state index < -0.39 is 104 Å². The summed E-state index contributed by atoms with van der Waals surface area (Å²) in [5.74, 6) is -2.93. The van der Waals surface area contributed by atoms with E-state index in [1.165, 1.54) is 14.0 Å². The van der Waals surface area contributed by atoms with Crippen LogP contribution in [0, 0.1) is 57.2 Å². The monoisotopic (exact) mass is 815 g/mol. The smallest absolute Gasteiger partial charge is 0.302 e. The molecule has 57 heavy (non-hydrogen) atoms. The molecule has 330 valence electrons. The minimum absolute atomic E-state index is 0.116. The lowest BCUT2D eigenvalue weighted by molar-refractivity contribution is -0.201. The van der Waals surface area contributed by atoms with Gasteiger partial charge in [-0.25, -0.2) is 0 Å². The standard InChI is InChI=1S/2C20H34O6.C3H6O2/c2*1-16(2)13(21)7-12-18(4,25)11-6-5-10-15(23)19(11,9-17(10,3)24)8-14(22)20(12,16)26;1-3(4)5-2/h2*10-15,21-26H,5-9H2,1-4H3;1-2H3/t2*10?,11-,12-,13-,14+,15?,17+,18+,19-,20-;/m00./s1. The molecule has 0 amide bonds. The Morgan fingerprint density at radius 1 is 0.509 bits per heavy atom. The molecule has 4 bridgehead atoms. The van der Waals surface area contributed by atoms with Crippen LogP contribution in [0.4, 0.5) is 0 Å². The second-order valence-electron chi connectivity index (χ2n) is 22.2. The van der Waals surface area contributed by atoms with Gasteiger partial charge in [-0.15, -0.1) is 0 Å². The molecule has 0 heterocycles. The number of aliphatic hydroxyl groups is 12. The van der Waals surface area contributed by atoms with E-state index in [1.54, 1.807) is 55.4 Å². The van der Waals surface area contributed by atoms with Gasteiger partial charge in [0.1, 0.15) is 11.2 Å². The van der Waals surface area contributed by atoms with Gasteiger partial charge in [-0.05, 0) is 104 Å². The second kappa shape index (κ2) is 13.5. The van der Waals surface area contributed by atoms with Crippen LogP contribution in [0.1, 0.15) is 127 Å². The summed E-state index contributed by atoms with van der Waals surface area (Å²) < 4.78 is 4.11. The molecule has 0 aromatic rings. The zero-order valence-electron chi connectivity index (χ0n) is 35.7. The number of ether oxygens (including phenoxy) is 1. The summed E-state index contributed by atoms with van der Waals surface area (Å²) in [4.78, 5) is 9.59. The molecule has 8 saturated carbocycles. The van der Waals surface area contributed by atoms with Crippen LogP contribution in [0.15, 0.2) is 0 Å². The lowest BCUT2D eigenvalue weighted by atomic mass is 9.57. The third-order valence-electron chi connectivity index (χ3n) is 18.8. The van der Waals surface area contributed by atoms with Crippen LogP contribution in [-0.4, -0.2) is 145 Å². The minimum Gasteiger partial charge on any atom is -0.469 e. The molecule has 0 aromatic carbocycles. The summed E-state index contributed by atoms with van der Waals surface area (Å²) >= 11 is 0. The topological polar surface area (TPSA) is 269 Å². The predicted octanol–water partition coefficient (Wildman–Crippen LogP) is 0.516. The fourth-order valence-corrected chi connectivity index (χ4v) is 15.6. The summed E-state index contributed by atoms with van der Waals surface area (Å²) in [7, 11) is 1.35. The van der Waals surface area contributed by atoms with Gasteiger partial charge in [-0.3, -0.25) is 4.79 Å². The molecule has 0 aliphatic heterocycles. The van der Waals surface area contributed by atoms with Gasteiger partial charge in [0.2, 0.25) is 0 Å². The number of fused-ring (bicyclic) bond motifs is 4. The fourth-order valence-electron chi connectivity index (χ4n) is 15.6. The first kappa shape index (κ1) is 45.5. The second-order valence-corrected chi connectivity index (χ2v) is 22.2. The van der Waals surface area contributed by atoms with Crippen LogP contribution in [0.2, 0.25) is 0 Å². The van der Waals surface area contributed by atoms with Crippen LogP contribution in [0.25, 0.3) is 0 Å². The number of hydrogen-bond acceptors (Lipinski definition) is 14. The SMILES string of the molecule is CC1(C)[C@@H](O)C[C@H]2[C@](C)(O)[C@@H]3CCC4C(O)[C@@]3(C[C@@H](O)[C@@]21O)C[C@@]4(C)O.CC1(C)[C@@H](O)C[C@H]2[C@](C)(O)[C@@H]3CCC4C(O)[C@@]3(C[C@@H](O)[C@@]21O)C[C@@]4(C)O.COC(C)=O. The number of hydrogen-bond donors (Lipinski definition) is 12. The van der Waals surface area contributed by atoms with E-state index in [0.717, 1.165) is 0 Å². The summed E-state index contributed by atoms with van der Waals surface area (Å²) in [6.07, 6.45) is -2.01. The summed E-state index contributed by atoms with van der Waals surface area (Å²) in [6.45, 7) is 15.1. The van der Waals surface area contributed by atoms with Gasteiger partial charge in [0.25, 0.3) is 0 Å². The molecular formula is C43H74O14. The average Bonchev–Trinajstić information content (AvgIpc) is 3.44. The van der Waals surface area contributed by atoms with Crippen molar-refractivity contribution >= 4 is 5.97 Å². The highest BCUT2D eigenvalue weighted by molar-refractivity contribution is 5.65. The Labute approximate surface area is 337 Å². The van der Waals surface area contributed by atoms with Crippen molar-refractivity contribution in [2.75, 3.05) is 7.11 Å². The third-order valence-corrected chi connectivity index (χ3v) is 18.8. The maximum absolute atomic E-state index is 11.7. The Morgan fingerprint density at radius 2 is 0.807 bits per heavy atom. The van der Waals surface area contributed by atoms with Gasteiger partial charge < -0.3 is 66.0 Å². The van der Waals surface area contributed by atoms with Crippen LogP contribution in [0.5, 0.6) is 0 Å². The largest absolute Gasteiger partial charge is 0.469 e. The normalized spacial score (nSPS) is 58.9. The number of carbonyl (C=O) groups excluding carboxylic acids is 1. The Hall–Kier alpha value is -1.01. The molecule has 0 aromatic heterocycles. The van der Waals surface area contributed by atoms with E-state index >= 15 is 0 Å². The van der Waals surface area contributed by atoms with Gasteiger partial charge in [0.05, 0.1) is 66.1 Å². The maximum Gasteiger partial charge on any atom is 0.302 e. The lowest BCUT2D eigenvalue weighted by Crippen LogP contribution is -2.60. The van der Waals surface area contributed by atoms with Gasteiger partial charge in [-0.1, -0.05) is 27.7 Å². The molecule has 2 spiro atoms. The molecule has 4 unspecified atom stereocenters. The molecule has 8 fully saturated rings. The quantitative estimate of drug-likeness (QED) is 0.149. The number of rotatable bonds is 0. The summed E-state index contributed by atoms with van der Waals surface area (Å²) in [5.41, 5.74) is -11.8. The maximum atomic E-state index is 11.7. The van der Waals surface area contributed by atoms with Crippen LogP contribution < -0.4 is 0 Å². The van der Waals surface area contributed by atoms with Crippen molar-refractivity contribution in [3.05, 3.63) is 0 Å². The average molecular weight is 815 g/mol. The molecule has 14 nitrogen and oxygen atoms in total. The molecule has 8 aliphatic carbocycles. The zero-order valence-corrected chi connectivity index (χ0v) is 35.7.